The molecule has 0 saturated carbocycles. The highest BCUT2D eigenvalue weighted by atomic mass is 16.5. The maximum Gasteiger partial charge on any atom is 0.223 e. The summed E-state index contributed by atoms with van der Waals surface area (Å²) >= 11 is 0. The molecule has 118 valence electrons. The Morgan fingerprint density at radius 3 is 2.50 bits per heavy atom. The lowest BCUT2D eigenvalue weighted by molar-refractivity contribution is 0.355. The van der Waals surface area contributed by atoms with Gasteiger partial charge in [-0.1, -0.05) is 11.6 Å². The Morgan fingerprint density at radius 1 is 1.18 bits per heavy atom. The number of guanidine groups is 2. The molecule has 0 spiro atoms. The third-order valence-corrected chi connectivity index (χ3v) is 3.26. The van der Waals surface area contributed by atoms with Gasteiger partial charge >= 0.3 is 0 Å². The van der Waals surface area contributed by atoms with Crippen LogP contribution in [0.2, 0.25) is 0 Å². The molecule has 4 N–H and O–H groups in total. The van der Waals surface area contributed by atoms with Crippen LogP contribution < -0.4 is 20.9 Å². The first kappa shape index (κ1) is 15.7. The van der Waals surface area contributed by atoms with Crippen LogP contribution in [-0.4, -0.2) is 44.1 Å². The van der Waals surface area contributed by atoms with Crippen molar-refractivity contribution in [3.05, 3.63) is 29.8 Å². The van der Waals surface area contributed by atoms with Crippen LogP contribution in [0.25, 0.3) is 0 Å². The highest BCUT2D eigenvalue weighted by Gasteiger charge is 2.13. The van der Waals surface area contributed by atoms with Gasteiger partial charge in [0, 0.05) is 19.2 Å². The topological polar surface area (TPSA) is 98.5 Å². The van der Waals surface area contributed by atoms with Gasteiger partial charge in [0.1, 0.15) is 0 Å². The summed E-state index contributed by atoms with van der Waals surface area (Å²) in [5, 5.41) is 0. The first-order valence-corrected chi connectivity index (χ1v) is 6.84. The van der Waals surface area contributed by atoms with E-state index in [0.717, 1.165) is 13.1 Å². The molecule has 1 heterocycles. The van der Waals surface area contributed by atoms with Gasteiger partial charge in [0.15, 0.2) is 17.5 Å². The zero-order valence-electron chi connectivity index (χ0n) is 13.0. The third kappa shape index (κ3) is 3.69. The number of benzene rings is 1. The Morgan fingerprint density at radius 2 is 1.91 bits per heavy atom. The molecule has 2 rings (SSSR count). The van der Waals surface area contributed by atoms with E-state index in [0.29, 0.717) is 23.1 Å². The van der Waals surface area contributed by atoms with Crippen molar-refractivity contribution < 1.29 is 9.47 Å². The molecule has 0 atom stereocenters. The second-order valence-electron chi connectivity index (χ2n) is 4.91. The highest BCUT2D eigenvalue weighted by molar-refractivity contribution is 5.94. The molecule has 0 saturated heterocycles. The molecule has 0 bridgehead atoms. The van der Waals surface area contributed by atoms with E-state index in [2.05, 4.69) is 16.1 Å². The Kier molecular flexibility index (Phi) is 4.88. The molecule has 7 heteroatoms. The molecular formula is C15H21N5O2. The number of nitrogens with zero attached hydrogens (tertiary/aromatic N) is 3. The van der Waals surface area contributed by atoms with Crippen LogP contribution in [0.4, 0.5) is 5.69 Å². The van der Waals surface area contributed by atoms with E-state index in [4.69, 9.17) is 20.9 Å². The van der Waals surface area contributed by atoms with Gasteiger partial charge in [0.2, 0.25) is 5.96 Å². The Balaban J connectivity index is 2.15. The second kappa shape index (κ2) is 6.84. The lowest BCUT2D eigenvalue weighted by Crippen LogP contribution is -2.37. The Hall–Kier alpha value is -2.70. The number of ether oxygens (including phenoxy) is 2. The second-order valence-corrected chi connectivity index (χ2v) is 4.91. The van der Waals surface area contributed by atoms with Crippen LogP contribution in [-0.2, 0) is 0 Å². The normalized spacial score (nSPS) is 15.8. The SMILES string of the molecule is COc1ccc(N=C(N)/N=C(\N)N2CC=C(C)C2)cc1OC. The lowest BCUT2D eigenvalue weighted by Gasteiger charge is -2.16. The third-order valence-electron chi connectivity index (χ3n) is 3.26. The van der Waals surface area contributed by atoms with Crippen molar-refractivity contribution in [2.75, 3.05) is 27.3 Å². The summed E-state index contributed by atoms with van der Waals surface area (Å²) in [5.74, 6) is 1.65. The fraction of sp³-hybridized carbons (Fsp3) is 0.333. The van der Waals surface area contributed by atoms with Crippen LogP contribution in [0.5, 0.6) is 11.5 Å². The van der Waals surface area contributed by atoms with E-state index in [1.165, 1.54) is 5.57 Å². The number of methoxy groups -OCH3 is 2. The summed E-state index contributed by atoms with van der Waals surface area (Å²) in [6.45, 7) is 3.55. The van der Waals surface area contributed by atoms with Gasteiger partial charge in [-0.2, -0.15) is 4.99 Å². The Labute approximate surface area is 129 Å². The molecule has 7 nitrogen and oxygen atoms in total. The minimum atomic E-state index is 0.0919. The van der Waals surface area contributed by atoms with Crippen molar-refractivity contribution in [3.63, 3.8) is 0 Å². The molecule has 1 aliphatic heterocycles. The minimum absolute atomic E-state index is 0.0919. The van der Waals surface area contributed by atoms with Crippen LogP contribution in [0, 0.1) is 0 Å². The van der Waals surface area contributed by atoms with Crippen LogP contribution in [0.3, 0.4) is 0 Å². The van der Waals surface area contributed by atoms with Crippen LogP contribution in [0.15, 0.2) is 39.8 Å². The standard InChI is InChI=1S/C15H21N5O2/c1-10-6-7-20(9-10)15(17)19-14(16)18-11-4-5-12(21-2)13(8-11)22-3/h4-6,8H,7,9H2,1-3H3,(H4,16,17,18,19). The van der Waals surface area contributed by atoms with Crippen molar-refractivity contribution in [2.24, 2.45) is 21.5 Å². The summed E-state index contributed by atoms with van der Waals surface area (Å²) < 4.78 is 10.4. The molecule has 1 aromatic rings. The first-order chi connectivity index (χ1) is 10.5. The maximum absolute atomic E-state index is 5.93. The lowest BCUT2D eigenvalue weighted by atomic mass is 10.3. The molecule has 0 unspecified atom stereocenters. The largest absolute Gasteiger partial charge is 0.493 e. The van der Waals surface area contributed by atoms with E-state index in [1.807, 2.05) is 11.8 Å². The predicted octanol–water partition coefficient (Wildman–Crippen LogP) is 1.23. The molecule has 22 heavy (non-hydrogen) atoms. The Bertz CT molecular complexity index is 637. The fourth-order valence-electron chi connectivity index (χ4n) is 2.11. The number of aliphatic imine (C=N–C) groups is 2. The first-order valence-electron chi connectivity index (χ1n) is 6.84. The quantitative estimate of drug-likeness (QED) is 0.497. The zero-order chi connectivity index (χ0) is 16.1. The summed E-state index contributed by atoms with van der Waals surface area (Å²) in [6, 6.07) is 5.24. The van der Waals surface area contributed by atoms with E-state index >= 15 is 0 Å². The molecule has 0 aromatic heterocycles. The van der Waals surface area contributed by atoms with Gasteiger partial charge in [0.25, 0.3) is 0 Å². The number of nitrogens with two attached hydrogens (primary N) is 2. The highest BCUT2D eigenvalue weighted by Crippen LogP contribution is 2.30. The van der Waals surface area contributed by atoms with E-state index in [9.17, 15) is 0 Å². The minimum Gasteiger partial charge on any atom is -0.493 e. The van der Waals surface area contributed by atoms with E-state index < -0.39 is 0 Å². The van der Waals surface area contributed by atoms with Gasteiger partial charge in [-0.3, -0.25) is 0 Å². The van der Waals surface area contributed by atoms with Gasteiger partial charge in [-0.25, -0.2) is 4.99 Å². The van der Waals surface area contributed by atoms with Gasteiger partial charge in [-0.05, 0) is 19.1 Å². The van der Waals surface area contributed by atoms with Gasteiger partial charge in [0.05, 0.1) is 19.9 Å². The van der Waals surface area contributed by atoms with Crippen LogP contribution >= 0.6 is 0 Å². The molecule has 1 aromatic carbocycles. The van der Waals surface area contributed by atoms with Crippen molar-refractivity contribution in [1.82, 2.24) is 4.90 Å². The summed E-state index contributed by atoms with van der Waals surface area (Å²) in [5.41, 5.74) is 13.6. The average Bonchev–Trinajstić information content (AvgIpc) is 2.93. The van der Waals surface area contributed by atoms with Crippen molar-refractivity contribution in [3.8, 4) is 11.5 Å². The summed E-state index contributed by atoms with van der Waals surface area (Å²) in [4.78, 5) is 10.3. The van der Waals surface area contributed by atoms with Gasteiger partial charge in [-0.15, -0.1) is 0 Å². The summed E-state index contributed by atoms with van der Waals surface area (Å²) in [7, 11) is 3.14. The molecular weight excluding hydrogens is 282 g/mol. The molecule has 0 radical (unpaired) electrons. The predicted molar refractivity (Wildman–Crippen MR) is 87.8 cm³/mol. The van der Waals surface area contributed by atoms with Crippen molar-refractivity contribution >= 4 is 17.6 Å². The zero-order valence-corrected chi connectivity index (χ0v) is 13.0. The molecule has 1 aliphatic rings. The number of hydrogen-bond donors (Lipinski definition) is 2. The molecule has 0 aliphatic carbocycles. The van der Waals surface area contributed by atoms with Crippen molar-refractivity contribution in [1.29, 1.82) is 0 Å². The van der Waals surface area contributed by atoms with Gasteiger partial charge < -0.3 is 25.8 Å². The van der Waals surface area contributed by atoms with Crippen LogP contribution in [0.1, 0.15) is 6.92 Å². The fourth-order valence-corrected chi connectivity index (χ4v) is 2.11. The van der Waals surface area contributed by atoms with E-state index in [-0.39, 0.29) is 5.96 Å². The average molecular weight is 303 g/mol. The monoisotopic (exact) mass is 303 g/mol. The summed E-state index contributed by atoms with van der Waals surface area (Å²) in [6.07, 6.45) is 2.10. The number of rotatable bonds is 3. The molecule has 0 amide bonds. The maximum atomic E-state index is 5.93. The smallest absolute Gasteiger partial charge is 0.223 e. The van der Waals surface area contributed by atoms with Crippen molar-refractivity contribution in [2.45, 2.75) is 6.92 Å². The molecule has 0 fully saturated rings. The number of hydrogen-bond acceptors (Lipinski definition) is 3. The van der Waals surface area contributed by atoms with E-state index in [1.54, 1.807) is 32.4 Å².